The molecule has 0 N–H and O–H groups in total. The topological polar surface area (TPSA) is 81.4 Å². The third-order valence-corrected chi connectivity index (χ3v) is 2.75. The van der Waals surface area contributed by atoms with E-state index >= 15 is 0 Å². The normalized spacial score (nSPS) is 10.5. The molecule has 0 bridgehead atoms. The smallest absolute Gasteiger partial charge is 0.387 e. The largest absolute Gasteiger partial charge is 0.435 e. The first-order valence-electron chi connectivity index (χ1n) is 6.17. The molecule has 0 fully saturated rings. The average Bonchev–Trinajstić information content (AvgIpc) is 2.49. The summed E-state index contributed by atoms with van der Waals surface area (Å²) in [5.41, 5.74) is 0.636. The van der Waals surface area contributed by atoms with Gasteiger partial charge in [0.2, 0.25) is 5.95 Å². The highest BCUT2D eigenvalue weighted by Crippen LogP contribution is 2.17. The third-order valence-electron chi connectivity index (χ3n) is 2.75. The number of anilines is 1. The van der Waals surface area contributed by atoms with Gasteiger partial charge in [-0.15, -0.1) is 0 Å². The van der Waals surface area contributed by atoms with Crippen molar-refractivity contribution in [3.8, 4) is 5.75 Å². The molecular weight excluding hydrogens is 298 g/mol. The van der Waals surface area contributed by atoms with Crippen molar-refractivity contribution >= 4 is 11.6 Å². The Morgan fingerprint density at radius 2 is 1.86 bits per heavy atom. The van der Waals surface area contributed by atoms with Crippen LogP contribution in [0.1, 0.15) is 5.56 Å². The SMILES string of the molecule is CN(Cc1ccc(OC(F)F)cc1)c1ncc([N+](=O)[O-])cn1. The number of aromatic nitrogens is 2. The second-order valence-corrected chi connectivity index (χ2v) is 4.38. The Kier molecular flexibility index (Phi) is 4.77. The van der Waals surface area contributed by atoms with E-state index in [1.54, 1.807) is 24.1 Å². The van der Waals surface area contributed by atoms with Crippen LogP contribution in [0.3, 0.4) is 0 Å². The van der Waals surface area contributed by atoms with Gasteiger partial charge in [-0.1, -0.05) is 12.1 Å². The average molecular weight is 310 g/mol. The first-order chi connectivity index (χ1) is 10.5. The minimum atomic E-state index is -2.86. The van der Waals surface area contributed by atoms with E-state index in [1.807, 2.05) is 0 Å². The summed E-state index contributed by atoms with van der Waals surface area (Å²) in [5.74, 6) is 0.395. The van der Waals surface area contributed by atoms with Gasteiger partial charge in [-0.2, -0.15) is 8.78 Å². The van der Waals surface area contributed by atoms with Gasteiger partial charge in [0.15, 0.2) is 0 Å². The number of nitro groups is 1. The molecule has 9 heteroatoms. The summed E-state index contributed by atoms with van der Waals surface area (Å²) in [4.78, 5) is 19.4. The lowest BCUT2D eigenvalue weighted by Crippen LogP contribution is -2.19. The van der Waals surface area contributed by atoms with E-state index in [0.29, 0.717) is 12.5 Å². The molecule has 1 aromatic heterocycles. The van der Waals surface area contributed by atoms with Crippen molar-refractivity contribution in [1.29, 1.82) is 0 Å². The minimum absolute atomic E-state index is 0.0768. The fourth-order valence-electron chi connectivity index (χ4n) is 1.73. The molecule has 0 aliphatic rings. The number of alkyl halides is 2. The third kappa shape index (κ3) is 4.08. The van der Waals surface area contributed by atoms with E-state index in [-0.39, 0.29) is 11.4 Å². The maximum Gasteiger partial charge on any atom is 0.387 e. The molecule has 0 atom stereocenters. The van der Waals surface area contributed by atoms with Gasteiger partial charge in [0, 0.05) is 13.6 Å². The first kappa shape index (κ1) is 15.5. The van der Waals surface area contributed by atoms with Gasteiger partial charge < -0.3 is 9.64 Å². The van der Waals surface area contributed by atoms with Crippen molar-refractivity contribution < 1.29 is 18.4 Å². The molecule has 0 amide bonds. The maximum absolute atomic E-state index is 12.0. The van der Waals surface area contributed by atoms with Gasteiger partial charge >= 0.3 is 12.3 Å². The van der Waals surface area contributed by atoms with Crippen molar-refractivity contribution in [3.63, 3.8) is 0 Å². The minimum Gasteiger partial charge on any atom is -0.435 e. The summed E-state index contributed by atoms with van der Waals surface area (Å²) in [6.45, 7) is -2.45. The van der Waals surface area contributed by atoms with Crippen LogP contribution in [0.5, 0.6) is 5.75 Å². The molecule has 1 aromatic carbocycles. The molecule has 0 unspecified atom stereocenters. The Hall–Kier alpha value is -2.84. The van der Waals surface area contributed by atoms with Crippen LogP contribution in [-0.4, -0.2) is 28.6 Å². The Morgan fingerprint density at radius 1 is 1.27 bits per heavy atom. The second-order valence-electron chi connectivity index (χ2n) is 4.38. The molecule has 0 aliphatic heterocycles. The summed E-state index contributed by atoms with van der Waals surface area (Å²) < 4.78 is 28.4. The number of rotatable bonds is 6. The van der Waals surface area contributed by atoms with Gasteiger partial charge in [-0.25, -0.2) is 9.97 Å². The molecule has 2 aromatic rings. The number of ether oxygens (including phenoxy) is 1. The van der Waals surface area contributed by atoms with Crippen molar-refractivity contribution in [3.05, 3.63) is 52.3 Å². The van der Waals surface area contributed by atoms with Gasteiger partial charge in [-0.3, -0.25) is 10.1 Å². The van der Waals surface area contributed by atoms with Crippen molar-refractivity contribution in [2.24, 2.45) is 0 Å². The molecule has 22 heavy (non-hydrogen) atoms. The fourth-order valence-corrected chi connectivity index (χ4v) is 1.73. The Morgan fingerprint density at radius 3 is 2.36 bits per heavy atom. The summed E-state index contributed by atoms with van der Waals surface area (Å²) in [5, 5.41) is 10.5. The predicted octanol–water partition coefficient (Wildman–Crippen LogP) is 2.62. The molecule has 2 rings (SSSR count). The van der Waals surface area contributed by atoms with Crippen LogP contribution in [-0.2, 0) is 6.54 Å². The van der Waals surface area contributed by atoms with E-state index in [4.69, 9.17) is 0 Å². The van der Waals surface area contributed by atoms with Crippen molar-refractivity contribution in [1.82, 2.24) is 9.97 Å². The number of nitrogens with zero attached hydrogens (tertiary/aromatic N) is 4. The van der Waals surface area contributed by atoms with Crippen LogP contribution < -0.4 is 9.64 Å². The molecular formula is C13H12F2N4O3. The van der Waals surface area contributed by atoms with Crippen molar-refractivity contribution in [2.75, 3.05) is 11.9 Å². The fraction of sp³-hybridized carbons (Fsp3) is 0.231. The van der Waals surface area contributed by atoms with Gasteiger partial charge in [0.1, 0.15) is 18.1 Å². The summed E-state index contributed by atoms with van der Waals surface area (Å²) >= 11 is 0. The van der Waals surface area contributed by atoms with Crippen LogP contribution in [0, 0.1) is 10.1 Å². The predicted molar refractivity (Wildman–Crippen MR) is 73.9 cm³/mol. The van der Waals surface area contributed by atoms with Gasteiger partial charge in [0.05, 0.1) is 4.92 Å². The monoisotopic (exact) mass is 310 g/mol. The van der Waals surface area contributed by atoms with Crippen LogP contribution in [0.25, 0.3) is 0 Å². The molecule has 0 saturated heterocycles. The van der Waals surface area contributed by atoms with Gasteiger partial charge in [0.25, 0.3) is 0 Å². The molecule has 0 radical (unpaired) electrons. The standard InChI is InChI=1S/C13H12F2N4O3/c1-18(13-16-6-10(7-17-13)19(20)21)8-9-2-4-11(5-3-9)22-12(14)15/h2-7,12H,8H2,1H3. The number of hydrogen-bond acceptors (Lipinski definition) is 6. The Labute approximate surface area is 124 Å². The van der Waals surface area contributed by atoms with E-state index in [2.05, 4.69) is 14.7 Å². The number of hydrogen-bond donors (Lipinski definition) is 0. The molecule has 1 heterocycles. The second kappa shape index (κ2) is 6.74. The van der Waals surface area contributed by atoms with Gasteiger partial charge in [-0.05, 0) is 17.7 Å². The van der Waals surface area contributed by atoms with Crippen LogP contribution in [0.15, 0.2) is 36.7 Å². The Bertz CT molecular complexity index is 635. The molecule has 0 saturated carbocycles. The Balaban J connectivity index is 2.01. The lowest BCUT2D eigenvalue weighted by Gasteiger charge is -2.16. The maximum atomic E-state index is 12.0. The zero-order valence-corrected chi connectivity index (χ0v) is 11.5. The summed E-state index contributed by atoms with van der Waals surface area (Å²) in [6.07, 6.45) is 2.25. The van der Waals surface area contributed by atoms with E-state index in [1.165, 1.54) is 12.1 Å². The summed E-state index contributed by atoms with van der Waals surface area (Å²) in [6, 6.07) is 6.15. The molecule has 0 aliphatic carbocycles. The van der Waals surface area contributed by atoms with E-state index in [0.717, 1.165) is 18.0 Å². The van der Waals surface area contributed by atoms with E-state index in [9.17, 15) is 18.9 Å². The number of benzene rings is 1. The van der Waals surface area contributed by atoms with Crippen LogP contribution >= 0.6 is 0 Å². The van der Waals surface area contributed by atoms with E-state index < -0.39 is 11.5 Å². The highest BCUT2D eigenvalue weighted by atomic mass is 19.3. The lowest BCUT2D eigenvalue weighted by atomic mass is 10.2. The zero-order chi connectivity index (χ0) is 16.1. The molecule has 7 nitrogen and oxygen atoms in total. The first-order valence-corrected chi connectivity index (χ1v) is 6.17. The van der Waals surface area contributed by atoms with Crippen LogP contribution in [0.2, 0.25) is 0 Å². The molecule has 0 spiro atoms. The quantitative estimate of drug-likeness (QED) is 0.602. The lowest BCUT2D eigenvalue weighted by molar-refractivity contribution is -0.385. The highest BCUT2D eigenvalue weighted by Gasteiger charge is 2.10. The highest BCUT2D eigenvalue weighted by molar-refractivity contribution is 5.35. The molecule has 116 valence electrons. The summed E-state index contributed by atoms with van der Waals surface area (Å²) in [7, 11) is 1.71. The zero-order valence-electron chi connectivity index (χ0n) is 11.5. The van der Waals surface area contributed by atoms with Crippen LogP contribution in [0.4, 0.5) is 20.4 Å². The number of halogens is 2. The van der Waals surface area contributed by atoms with Crippen molar-refractivity contribution in [2.45, 2.75) is 13.2 Å².